The number of nitrogens with one attached hydrogen (secondary N) is 1. The molecule has 1 atom stereocenters. The molecule has 0 amide bonds. The minimum atomic E-state index is -4.73. The van der Waals surface area contributed by atoms with Gasteiger partial charge in [0.25, 0.3) is 0 Å². The number of ether oxygens (including phenoxy) is 1. The van der Waals surface area contributed by atoms with E-state index in [1.54, 1.807) is 6.07 Å². The summed E-state index contributed by atoms with van der Waals surface area (Å²) in [4.78, 5) is 12.3. The van der Waals surface area contributed by atoms with Crippen molar-refractivity contribution in [3.05, 3.63) is 52.9 Å². The molecule has 0 saturated carbocycles. The van der Waals surface area contributed by atoms with E-state index in [1.165, 1.54) is 18.2 Å². The molecular weight excluding hydrogens is 307 g/mol. The van der Waals surface area contributed by atoms with E-state index in [0.717, 1.165) is 24.2 Å². The highest BCUT2D eigenvalue weighted by atomic mass is 19.4. The van der Waals surface area contributed by atoms with Crippen molar-refractivity contribution >= 4 is 5.78 Å². The molecule has 0 aromatic heterocycles. The monoisotopic (exact) mass is 323 g/mol. The van der Waals surface area contributed by atoms with Crippen molar-refractivity contribution in [1.29, 1.82) is 0 Å². The van der Waals surface area contributed by atoms with Crippen LogP contribution in [0.2, 0.25) is 0 Å². The summed E-state index contributed by atoms with van der Waals surface area (Å²) >= 11 is 0. The number of hydrogen-bond donors (Lipinski definition) is 1. The van der Waals surface area contributed by atoms with Gasteiger partial charge >= 0.3 is 6.36 Å². The van der Waals surface area contributed by atoms with Crippen LogP contribution in [0.15, 0.2) is 47.3 Å². The smallest absolute Gasteiger partial charge is 0.406 e. The van der Waals surface area contributed by atoms with E-state index >= 15 is 0 Å². The highest BCUT2D eigenvalue weighted by Crippen LogP contribution is 2.38. The lowest BCUT2D eigenvalue weighted by Crippen LogP contribution is -2.28. The first-order chi connectivity index (χ1) is 10.8. The summed E-state index contributed by atoms with van der Waals surface area (Å²) in [6.07, 6.45) is -0.815. The largest absolute Gasteiger partial charge is 0.573 e. The van der Waals surface area contributed by atoms with E-state index in [2.05, 4.69) is 10.1 Å². The number of alkyl halides is 3. The fraction of sp³-hybridized carbons (Fsp3) is 0.353. The van der Waals surface area contributed by atoms with Crippen LogP contribution in [-0.2, 0) is 4.79 Å². The highest BCUT2D eigenvalue weighted by molar-refractivity contribution is 5.99. The van der Waals surface area contributed by atoms with Gasteiger partial charge in [-0.15, -0.1) is 13.2 Å². The van der Waals surface area contributed by atoms with Gasteiger partial charge in [0.1, 0.15) is 5.75 Å². The van der Waals surface area contributed by atoms with Crippen LogP contribution < -0.4 is 10.1 Å². The van der Waals surface area contributed by atoms with Crippen molar-refractivity contribution in [3.8, 4) is 5.75 Å². The number of Topliss-reactive ketones (excluding diaryl/α,β-unsaturated/α-hetero) is 1. The van der Waals surface area contributed by atoms with Gasteiger partial charge < -0.3 is 10.1 Å². The lowest BCUT2D eigenvalue weighted by molar-refractivity contribution is -0.274. The van der Waals surface area contributed by atoms with E-state index in [-0.39, 0.29) is 17.5 Å². The van der Waals surface area contributed by atoms with Gasteiger partial charge in [-0.2, -0.15) is 0 Å². The zero-order valence-electron chi connectivity index (χ0n) is 12.5. The van der Waals surface area contributed by atoms with Crippen LogP contribution in [0.1, 0.15) is 37.7 Å². The minimum absolute atomic E-state index is 0.0506. The molecule has 3 nitrogen and oxygen atoms in total. The molecule has 0 bridgehead atoms. The van der Waals surface area contributed by atoms with E-state index in [4.69, 9.17) is 0 Å². The van der Waals surface area contributed by atoms with Crippen molar-refractivity contribution in [2.45, 2.75) is 38.5 Å². The second kappa shape index (κ2) is 5.76. The molecule has 1 aliphatic heterocycles. The fourth-order valence-corrected chi connectivity index (χ4v) is 3.14. The molecule has 122 valence electrons. The van der Waals surface area contributed by atoms with Crippen LogP contribution in [-0.4, -0.2) is 12.1 Å². The Bertz CT molecular complexity index is 704. The SMILES string of the molecule is CC1=CC(c2cccc(OC(F)(F)F)c2)C2=C(CCCC2=O)N1. The standard InChI is InChI=1S/C17H16F3NO2/c1-10-8-13(16-14(21-10)6-3-7-15(16)22)11-4-2-5-12(9-11)23-17(18,19)20/h2,4-5,8-9,13,21H,3,6-7H2,1H3. The Balaban J connectivity index is 1.99. The Kier molecular flexibility index (Phi) is 3.92. The molecule has 1 heterocycles. The zero-order valence-corrected chi connectivity index (χ0v) is 12.5. The third-order valence-corrected chi connectivity index (χ3v) is 3.98. The lowest BCUT2D eigenvalue weighted by atomic mass is 9.80. The molecule has 0 saturated heterocycles. The topological polar surface area (TPSA) is 38.3 Å². The average Bonchev–Trinajstić information content (AvgIpc) is 2.45. The second-order valence-electron chi connectivity index (χ2n) is 5.74. The molecule has 1 unspecified atom stereocenters. The van der Waals surface area contributed by atoms with Gasteiger partial charge in [-0.05, 0) is 37.5 Å². The van der Waals surface area contributed by atoms with E-state index < -0.39 is 6.36 Å². The third kappa shape index (κ3) is 3.41. The first-order valence-corrected chi connectivity index (χ1v) is 7.41. The predicted octanol–water partition coefficient (Wildman–Crippen LogP) is 4.18. The molecule has 6 heteroatoms. The van der Waals surface area contributed by atoms with Gasteiger partial charge in [0.2, 0.25) is 0 Å². The van der Waals surface area contributed by atoms with Crippen molar-refractivity contribution in [2.75, 3.05) is 0 Å². The van der Waals surface area contributed by atoms with Gasteiger partial charge in [0.05, 0.1) is 0 Å². The minimum Gasteiger partial charge on any atom is -0.406 e. The lowest BCUT2D eigenvalue weighted by Gasteiger charge is -2.30. The summed E-state index contributed by atoms with van der Waals surface area (Å²) in [7, 11) is 0. The van der Waals surface area contributed by atoms with Crippen LogP contribution in [0.25, 0.3) is 0 Å². The van der Waals surface area contributed by atoms with Gasteiger partial charge in [-0.1, -0.05) is 18.2 Å². The predicted molar refractivity (Wildman–Crippen MR) is 78.6 cm³/mol. The third-order valence-electron chi connectivity index (χ3n) is 3.98. The molecule has 2 aliphatic rings. The first-order valence-electron chi connectivity index (χ1n) is 7.41. The number of halogens is 3. The molecule has 0 radical (unpaired) electrons. The Labute approximate surface area is 131 Å². The number of ketones is 1. The van der Waals surface area contributed by atoms with Gasteiger partial charge in [-0.3, -0.25) is 4.79 Å². The van der Waals surface area contributed by atoms with Crippen LogP contribution in [0.4, 0.5) is 13.2 Å². The normalized spacial score (nSPS) is 21.5. The maximum Gasteiger partial charge on any atom is 0.573 e. The van der Waals surface area contributed by atoms with Crippen molar-refractivity contribution < 1.29 is 22.7 Å². The highest BCUT2D eigenvalue weighted by Gasteiger charge is 2.33. The van der Waals surface area contributed by atoms with Gasteiger partial charge in [0, 0.05) is 29.3 Å². The van der Waals surface area contributed by atoms with Crippen molar-refractivity contribution in [3.63, 3.8) is 0 Å². The molecule has 0 fully saturated rings. The number of rotatable bonds is 2. The molecule has 3 rings (SSSR count). The Morgan fingerprint density at radius 2 is 2.04 bits per heavy atom. The summed E-state index contributed by atoms with van der Waals surface area (Å²) in [5.74, 6) is -0.560. The summed E-state index contributed by atoms with van der Waals surface area (Å²) in [6.45, 7) is 1.88. The molecule has 23 heavy (non-hydrogen) atoms. The number of carbonyl (C=O) groups excluding carboxylic acids is 1. The molecule has 0 spiro atoms. The van der Waals surface area contributed by atoms with Gasteiger partial charge in [0.15, 0.2) is 5.78 Å². The summed E-state index contributed by atoms with van der Waals surface area (Å²) < 4.78 is 41.2. The Morgan fingerprint density at radius 1 is 1.26 bits per heavy atom. The van der Waals surface area contributed by atoms with Crippen molar-refractivity contribution in [2.24, 2.45) is 0 Å². The summed E-state index contributed by atoms with van der Waals surface area (Å²) in [5.41, 5.74) is 3.06. The van der Waals surface area contributed by atoms with Crippen molar-refractivity contribution in [1.82, 2.24) is 5.32 Å². The average molecular weight is 323 g/mol. The maximum absolute atomic E-state index is 12.4. The molecule has 1 N–H and O–H groups in total. The first kappa shape index (κ1) is 15.6. The zero-order chi connectivity index (χ0) is 16.6. The van der Waals surface area contributed by atoms with E-state index in [1.807, 2.05) is 13.0 Å². The molecule has 1 aromatic carbocycles. The van der Waals surface area contributed by atoms with E-state index in [9.17, 15) is 18.0 Å². The number of dihydropyridines is 1. The van der Waals surface area contributed by atoms with Crippen LogP contribution in [0.5, 0.6) is 5.75 Å². The summed E-state index contributed by atoms with van der Waals surface area (Å²) in [6, 6.07) is 5.83. The quantitative estimate of drug-likeness (QED) is 0.887. The molecule has 1 aromatic rings. The number of allylic oxidation sites excluding steroid dienone is 4. The molecule has 1 aliphatic carbocycles. The Morgan fingerprint density at radius 3 is 2.78 bits per heavy atom. The van der Waals surface area contributed by atoms with Gasteiger partial charge in [-0.25, -0.2) is 0 Å². The number of benzene rings is 1. The number of hydrogen-bond acceptors (Lipinski definition) is 3. The Hall–Kier alpha value is -2.24. The fourth-order valence-electron chi connectivity index (χ4n) is 3.14. The summed E-state index contributed by atoms with van der Waals surface area (Å²) in [5, 5.41) is 3.21. The second-order valence-corrected chi connectivity index (χ2v) is 5.74. The van der Waals surface area contributed by atoms with Crippen LogP contribution >= 0.6 is 0 Å². The molecular formula is C17H16F3NO2. The van der Waals surface area contributed by atoms with Crippen LogP contribution in [0.3, 0.4) is 0 Å². The van der Waals surface area contributed by atoms with Crippen LogP contribution in [0, 0.1) is 0 Å². The van der Waals surface area contributed by atoms with E-state index in [0.29, 0.717) is 17.6 Å². The maximum atomic E-state index is 12.4. The number of carbonyl (C=O) groups is 1.